The lowest BCUT2D eigenvalue weighted by atomic mass is 10.1. The molecular weight excluding hydrogens is 265 g/mol. The van der Waals surface area contributed by atoms with Crippen molar-refractivity contribution in [2.75, 3.05) is 26.2 Å². The number of benzene rings is 1. The van der Waals surface area contributed by atoms with Crippen molar-refractivity contribution in [3.05, 3.63) is 35.1 Å². The minimum atomic E-state index is -0.199. The topological polar surface area (TPSA) is 30.3 Å². The van der Waals surface area contributed by atoms with E-state index in [-0.39, 0.29) is 5.82 Å². The average molecular weight is 287 g/mol. The maximum atomic E-state index is 13.9. The molecule has 2 aliphatic heterocycles. The Hall–Kier alpha value is -1.44. The normalized spacial score (nSPS) is 24.1. The van der Waals surface area contributed by atoms with E-state index in [1.807, 2.05) is 0 Å². The van der Waals surface area contributed by atoms with Gasteiger partial charge < -0.3 is 0 Å². The van der Waals surface area contributed by atoms with Crippen LogP contribution in [-0.4, -0.2) is 42.0 Å². The fourth-order valence-electron chi connectivity index (χ4n) is 3.54. The summed E-state index contributed by atoms with van der Waals surface area (Å²) in [7, 11) is 0. The molecule has 0 bridgehead atoms. The SMILES string of the molecule is N#Cc1ccc(F)c(CN2CCC(N3CCCCC3)C2)c1. The molecule has 112 valence electrons. The third kappa shape index (κ3) is 3.42. The third-order valence-corrected chi connectivity index (χ3v) is 4.72. The molecule has 4 heteroatoms. The highest BCUT2D eigenvalue weighted by Gasteiger charge is 2.28. The zero-order valence-corrected chi connectivity index (χ0v) is 12.4. The molecule has 1 aromatic rings. The number of hydrogen-bond acceptors (Lipinski definition) is 3. The molecule has 2 saturated heterocycles. The van der Waals surface area contributed by atoms with E-state index in [0.29, 0.717) is 23.7 Å². The molecule has 0 spiro atoms. The molecular formula is C17H22FN3. The molecule has 1 aromatic carbocycles. The second kappa shape index (κ2) is 6.55. The predicted molar refractivity (Wildman–Crippen MR) is 80.2 cm³/mol. The zero-order chi connectivity index (χ0) is 14.7. The average Bonchev–Trinajstić information content (AvgIpc) is 2.99. The van der Waals surface area contributed by atoms with Gasteiger partial charge >= 0.3 is 0 Å². The number of nitrogens with zero attached hydrogens (tertiary/aromatic N) is 3. The maximum absolute atomic E-state index is 13.9. The number of halogens is 1. The molecule has 1 atom stereocenters. The smallest absolute Gasteiger partial charge is 0.127 e. The van der Waals surface area contributed by atoms with Crippen LogP contribution in [0.5, 0.6) is 0 Å². The molecule has 0 aromatic heterocycles. The second-order valence-corrected chi connectivity index (χ2v) is 6.19. The van der Waals surface area contributed by atoms with Crippen molar-refractivity contribution in [2.45, 2.75) is 38.3 Å². The zero-order valence-electron chi connectivity index (χ0n) is 12.4. The Kier molecular flexibility index (Phi) is 4.52. The lowest BCUT2D eigenvalue weighted by Crippen LogP contribution is -2.40. The molecule has 2 heterocycles. The van der Waals surface area contributed by atoms with Crippen LogP contribution in [0.2, 0.25) is 0 Å². The first kappa shape index (κ1) is 14.5. The van der Waals surface area contributed by atoms with Crippen LogP contribution in [0.4, 0.5) is 4.39 Å². The van der Waals surface area contributed by atoms with Crippen molar-refractivity contribution in [1.82, 2.24) is 9.80 Å². The third-order valence-electron chi connectivity index (χ3n) is 4.72. The first-order valence-corrected chi connectivity index (χ1v) is 7.91. The summed E-state index contributed by atoms with van der Waals surface area (Å²) in [5.74, 6) is -0.199. The Morgan fingerprint density at radius 2 is 2.00 bits per heavy atom. The van der Waals surface area contributed by atoms with Gasteiger partial charge in [0, 0.05) is 31.2 Å². The van der Waals surface area contributed by atoms with Gasteiger partial charge in [0.05, 0.1) is 11.6 Å². The number of likely N-dealkylation sites (tertiary alicyclic amines) is 2. The number of rotatable bonds is 3. The highest BCUT2D eigenvalue weighted by molar-refractivity contribution is 5.33. The lowest BCUT2D eigenvalue weighted by molar-refractivity contribution is 0.161. The predicted octanol–water partition coefficient (Wildman–Crippen LogP) is 2.76. The fraction of sp³-hybridized carbons (Fsp3) is 0.588. The van der Waals surface area contributed by atoms with Gasteiger partial charge in [-0.15, -0.1) is 0 Å². The van der Waals surface area contributed by atoms with Crippen LogP contribution in [0.25, 0.3) is 0 Å². The van der Waals surface area contributed by atoms with E-state index in [1.165, 1.54) is 44.8 Å². The summed E-state index contributed by atoms with van der Waals surface area (Å²) in [5.41, 5.74) is 1.19. The van der Waals surface area contributed by atoms with Crippen molar-refractivity contribution < 1.29 is 4.39 Å². The molecule has 2 fully saturated rings. The van der Waals surface area contributed by atoms with E-state index in [2.05, 4.69) is 15.9 Å². The molecule has 0 amide bonds. The Morgan fingerprint density at radius 1 is 1.19 bits per heavy atom. The summed E-state index contributed by atoms with van der Waals surface area (Å²) in [6, 6.07) is 7.35. The molecule has 21 heavy (non-hydrogen) atoms. The first-order valence-electron chi connectivity index (χ1n) is 7.91. The van der Waals surface area contributed by atoms with Crippen molar-refractivity contribution in [1.29, 1.82) is 5.26 Å². The fourth-order valence-corrected chi connectivity index (χ4v) is 3.54. The van der Waals surface area contributed by atoms with Crippen LogP contribution in [0.1, 0.15) is 36.8 Å². The summed E-state index contributed by atoms with van der Waals surface area (Å²) >= 11 is 0. The summed E-state index contributed by atoms with van der Waals surface area (Å²) in [6.07, 6.45) is 5.17. The highest BCUT2D eigenvalue weighted by atomic mass is 19.1. The van der Waals surface area contributed by atoms with Gasteiger partial charge in [0.15, 0.2) is 0 Å². The number of piperidine rings is 1. The second-order valence-electron chi connectivity index (χ2n) is 6.19. The maximum Gasteiger partial charge on any atom is 0.127 e. The molecule has 0 radical (unpaired) electrons. The summed E-state index contributed by atoms with van der Waals surface area (Å²) in [5, 5.41) is 8.93. The van der Waals surface area contributed by atoms with Gasteiger partial charge in [-0.2, -0.15) is 5.26 Å². The van der Waals surface area contributed by atoms with E-state index < -0.39 is 0 Å². The van der Waals surface area contributed by atoms with Gasteiger partial charge in [0.2, 0.25) is 0 Å². The van der Waals surface area contributed by atoms with Crippen molar-refractivity contribution >= 4 is 0 Å². The standard InChI is InChI=1S/C17H22FN3/c18-17-5-4-14(11-19)10-15(17)12-20-9-6-16(13-20)21-7-2-1-3-8-21/h4-5,10,16H,1-3,6-9,12-13H2. The molecule has 1 unspecified atom stereocenters. The van der Waals surface area contributed by atoms with Gasteiger partial charge in [-0.05, 0) is 50.6 Å². The lowest BCUT2D eigenvalue weighted by Gasteiger charge is -2.32. The molecule has 0 aliphatic carbocycles. The van der Waals surface area contributed by atoms with Gasteiger partial charge in [0.1, 0.15) is 5.82 Å². The van der Waals surface area contributed by atoms with Crippen LogP contribution in [0, 0.1) is 17.1 Å². The first-order chi connectivity index (χ1) is 10.3. The van der Waals surface area contributed by atoms with Crippen LogP contribution in [0.15, 0.2) is 18.2 Å². The van der Waals surface area contributed by atoms with Crippen LogP contribution in [0.3, 0.4) is 0 Å². The van der Waals surface area contributed by atoms with Crippen LogP contribution < -0.4 is 0 Å². The molecule has 3 nitrogen and oxygen atoms in total. The van der Waals surface area contributed by atoms with Gasteiger partial charge in [0.25, 0.3) is 0 Å². The van der Waals surface area contributed by atoms with Gasteiger partial charge in [-0.3, -0.25) is 9.80 Å². The molecule has 3 rings (SSSR count). The minimum Gasteiger partial charge on any atom is -0.299 e. The number of nitriles is 1. The monoisotopic (exact) mass is 287 g/mol. The Labute approximate surface area is 126 Å². The summed E-state index contributed by atoms with van der Waals surface area (Å²) in [6.45, 7) is 5.10. The van der Waals surface area contributed by atoms with Gasteiger partial charge in [-0.25, -0.2) is 4.39 Å². The van der Waals surface area contributed by atoms with Gasteiger partial charge in [-0.1, -0.05) is 6.42 Å². The largest absolute Gasteiger partial charge is 0.299 e. The van der Waals surface area contributed by atoms with Crippen molar-refractivity contribution in [2.24, 2.45) is 0 Å². The Morgan fingerprint density at radius 3 is 2.76 bits per heavy atom. The Bertz CT molecular complexity index is 531. The summed E-state index contributed by atoms with van der Waals surface area (Å²) in [4.78, 5) is 4.92. The van der Waals surface area contributed by atoms with Crippen LogP contribution in [-0.2, 0) is 6.54 Å². The van der Waals surface area contributed by atoms with Crippen LogP contribution >= 0.6 is 0 Å². The Balaban J connectivity index is 1.60. The van der Waals surface area contributed by atoms with E-state index >= 15 is 0 Å². The molecule has 0 saturated carbocycles. The highest BCUT2D eigenvalue weighted by Crippen LogP contribution is 2.22. The van der Waals surface area contributed by atoms with E-state index in [9.17, 15) is 4.39 Å². The van der Waals surface area contributed by atoms with Crippen molar-refractivity contribution in [3.8, 4) is 6.07 Å². The van der Waals surface area contributed by atoms with E-state index in [0.717, 1.165) is 13.1 Å². The summed E-state index contributed by atoms with van der Waals surface area (Å²) < 4.78 is 13.9. The molecule has 0 N–H and O–H groups in total. The van der Waals surface area contributed by atoms with E-state index in [4.69, 9.17) is 5.26 Å². The quantitative estimate of drug-likeness (QED) is 0.856. The number of hydrogen-bond donors (Lipinski definition) is 0. The minimum absolute atomic E-state index is 0.199. The van der Waals surface area contributed by atoms with Crippen molar-refractivity contribution in [3.63, 3.8) is 0 Å². The molecule has 2 aliphatic rings. The van der Waals surface area contributed by atoms with E-state index in [1.54, 1.807) is 12.1 Å².